The topological polar surface area (TPSA) is 227 Å². The van der Waals surface area contributed by atoms with Gasteiger partial charge in [0.1, 0.15) is 63.8 Å². The maximum Gasteiger partial charge on any atom is 0.358 e. The zero-order valence-corrected chi connectivity index (χ0v) is 24.9. The Bertz CT molecular complexity index is 1810. The van der Waals surface area contributed by atoms with Crippen LogP contribution in [0.25, 0.3) is 16.9 Å². The van der Waals surface area contributed by atoms with Gasteiger partial charge in [-0.05, 0) is 36.3 Å². The van der Waals surface area contributed by atoms with E-state index in [2.05, 4.69) is 0 Å². The summed E-state index contributed by atoms with van der Waals surface area (Å²) in [5.41, 5.74) is -6.67. The molecule has 7 atom stereocenters. The molecule has 0 unspecified atom stereocenters. The van der Waals surface area contributed by atoms with Gasteiger partial charge in [-0.25, -0.2) is 9.59 Å². The minimum absolute atomic E-state index is 0.174. The molecule has 2 aromatic carbocycles. The number of aliphatic hydroxyl groups is 4. The summed E-state index contributed by atoms with van der Waals surface area (Å²) in [4.78, 5) is 53.1. The number of benzene rings is 2. The summed E-state index contributed by atoms with van der Waals surface area (Å²) in [7, 11) is 2.04. The third-order valence-corrected chi connectivity index (χ3v) is 9.30. The van der Waals surface area contributed by atoms with E-state index in [0.717, 1.165) is 14.2 Å². The highest BCUT2D eigenvalue weighted by atomic mass is 16.6. The summed E-state index contributed by atoms with van der Waals surface area (Å²) in [6, 6.07) is 4.88. The fourth-order valence-electron chi connectivity index (χ4n) is 7.06. The van der Waals surface area contributed by atoms with Crippen molar-refractivity contribution in [3.8, 4) is 34.1 Å². The standard InChI is InChI=1S/C32H30O14/c1-11-9-15(33)21-25(37)19-17(45-31(21,27(11)39)29(41)43-3)7-5-13(23(19)35)14-6-8-18-20(24(14)36)26(38)22-16(34)10-12(2)28(40)32(22,46-18)30(42)44-4/h5-9,11-12,21,27-28,33,35-36,38-40H,10H2,1-4H3/t11-,12-,21+,27-,28-,31+,32+/m1/s1. The fourth-order valence-corrected chi connectivity index (χ4v) is 7.06. The Kier molecular flexibility index (Phi) is 6.87. The molecular weight excluding hydrogens is 608 g/mol. The first-order valence-electron chi connectivity index (χ1n) is 14.2. The zero-order chi connectivity index (χ0) is 33.6. The molecule has 6 N–H and O–H groups in total. The van der Waals surface area contributed by atoms with Gasteiger partial charge in [-0.3, -0.25) is 9.59 Å². The summed E-state index contributed by atoms with van der Waals surface area (Å²) in [5.74, 6) is -10.9. The van der Waals surface area contributed by atoms with E-state index in [0.29, 0.717) is 0 Å². The number of Topliss-reactive ketones (excluding diaryl/α,β-unsaturated/α-hetero) is 2. The van der Waals surface area contributed by atoms with Gasteiger partial charge in [0.25, 0.3) is 5.60 Å². The van der Waals surface area contributed by atoms with Crippen LogP contribution in [0.4, 0.5) is 0 Å². The van der Waals surface area contributed by atoms with Crippen LogP contribution in [0.15, 0.2) is 41.7 Å². The lowest BCUT2D eigenvalue weighted by atomic mass is 9.67. The first kappa shape index (κ1) is 30.9. The maximum absolute atomic E-state index is 13.9. The van der Waals surface area contributed by atoms with E-state index in [9.17, 15) is 49.8 Å². The molecule has 0 saturated heterocycles. The molecule has 0 aromatic heterocycles. The quantitative estimate of drug-likeness (QED) is 0.264. The first-order chi connectivity index (χ1) is 21.7. The Morgan fingerprint density at radius 2 is 1.39 bits per heavy atom. The summed E-state index contributed by atoms with van der Waals surface area (Å²) in [6.45, 7) is 3.01. The van der Waals surface area contributed by atoms with Crippen LogP contribution in [-0.4, -0.2) is 91.8 Å². The van der Waals surface area contributed by atoms with E-state index in [4.69, 9.17) is 18.9 Å². The van der Waals surface area contributed by atoms with Crippen LogP contribution in [0.1, 0.15) is 36.2 Å². The van der Waals surface area contributed by atoms with E-state index < -0.39 is 104 Å². The number of aliphatic hydroxyl groups excluding tert-OH is 4. The number of phenolic OH excluding ortho intramolecular Hbond substituents is 2. The van der Waals surface area contributed by atoms with Gasteiger partial charge >= 0.3 is 11.9 Å². The summed E-state index contributed by atoms with van der Waals surface area (Å²) in [5, 5.41) is 67.1. The minimum Gasteiger partial charge on any atom is -0.512 e. The van der Waals surface area contributed by atoms with Gasteiger partial charge in [0.2, 0.25) is 5.60 Å². The van der Waals surface area contributed by atoms with Crippen LogP contribution in [0.3, 0.4) is 0 Å². The molecule has 2 heterocycles. The lowest BCUT2D eigenvalue weighted by Crippen LogP contribution is -2.67. The van der Waals surface area contributed by atoms with Crippen LogP contribution in [0.5, 0.6) is 23.0 Å². The number of phenols is 2. The maximum atomic E-state index is 13.9. The van der Waals surface area contributed by atoms with Gasteiger partial charge < -0.3 is 49.6 Å². The average molecular weight is 639 g/mol. The number of esters is 2. The molecule has 0 amide bonds. The molecule has 1 saturated carbocycles. The van der Waals surface area contributed by atoms with Gasteiger partial charge in [-0.2, -0.15) is 0 Å². The molecule has 46 heavy (non-hydrogen) atoms. The van der Waals surface area contributed by atoms with Crippen molar-refractivity contribution in [1.82, 2.24) is 0 Å². The minimum atomic E-state index is -2.42. The van der Waals surface area contributed by atoms with Gasteiger partial charge in [-0.1, -0.05) is 13.8 Å². The second-order valence-corrected chi connectivity index (χ2v) is 11.9. The highest BCUT2D eigenvalue weighted by Gasteiger charge is 2.66. The molecule has 2 aromatic rings. The van der Waals surface area contributed by atoms with Crippen molar-refractivity contribution in [3.63, 3.8) is 0 Å². The largest absolute Gasteiger partial charge is 0.512 e. The Morgan fingerprint density at radius 1 is 0.826 bits per heavy atom. The van der Waals surface area contributed by atoms with Crippen molar-refractivity contribution >= 4 is 29.3 Å². The number of fused-ring (bicyclic) bond motifs is 4. The number of methoxy groups -OCH3 is 2. The highest BCUT2D eigenvalue weighted by Crippen LogP contribution is 2.55. The van der Waals surface area contributed by atoms with Crippen molar-refractivity contribution in [2.24, 2.45) is 17.8 Å². The molecule has 0 radical (unpaired) electrons. The molecule has 0 bridgehead atoms. The first-order valence-corrected chi connectivity index (χ1v) is 14.2. The van der Waals surface area contributed by atoms with Gasteiger partial charge in [0.05, 0.1) is 19.8 Å². The fraction of sp³-hybridized carbons (Fsp3) is 0.375. The highest BCUT2D eigenvalue weighted by molar-refractivity contribution is 6.13. The molecule has 4 aliphatic rings. The number of ketones is 2. The van der Waals surface area contributed by atoms with E-state index in [1.165, 1.54) is 44.2 Å². The molecule has 242 valence electrons. The van der Waals surface area contributed by atoms with Crippen LogP contribution >= 0.6 is 0 Å². The Morgan fingerprint density at radius 3 is 1.98 bits per heavy atom. The third kappa shape index (κ3) is 3.70. The van der Waals surface area contributed by atoms with E-state index in [1.54, 1.807) is 0 Å². The number of ether oxygens (including phenoxy) is 4. The predicted molar refractivity (Wildman–Crippen MR) is 154 cm³/mol. The number of hydrogen-bond acceptors (Lipinski definition) is 14. The molecule has 0 spiro atoms. The summed E-state index contributed by atoms with van der Waals surface area (Å²) >= 11 is 0. The molecule has 2 aliphatic carbocycles. The van der Waals surface area contributed by atoms with E-state index >= 15 is 0 Å². The van der Waals surface area contributed by atoms with Crippen LogP contribution < -0.4 is 9.47 Å². The number of rotatable bonds is 3. The van der Waals surface area contributed by atoms with Crippen LogP contribution in [0, 0.1) is 17.8 Å². The predicted octanol–water partition coefficient (Wildman–Crippen LogP) is 1.86. The van der Waals surface area contributed by atoms with E-state index in [1.807, 2.05) is 0 Å². The summed E-state index contributed by atoms with van der Waals surface area (Å²) in [6.07, 6.45) is -2.30. The average Bonchev–Trinajstić information content (AvgIpc) is 3.01. The number of carbonyl (C=O) groups is 4. The Hall–Kier alpha value is -5.08. The second kappa shape index (κ2) is 10.2. The van der Waals surface area contributed by atoms with Crippen molar-refractivity contribution in [1.29, 1.82) is 0 Å². The molecule has 14 heteroatoms. The van der Waals surface area contributed by atoms with Gasteiger partial charge in [0, 0.05) is 23.5 Å². The van der Waals surface area contributed by atoms with E-state index in [-0.39, 0.29) is 29.0 Å². The Balaban J connectivity index is 1.52. The summed E-state index contributed by atoms with van der Waals surface area (Å²) < 4.78 is 21.5. The SMILES string of the molecule is COC(=O)[C@]12Oc3ccc(-c4ccc5c(c4O)C(=O)[C@@H]4C(O)=C[C@@H](C)[C@@H](O)[C@@]4(C(=O)OC)O5)c(O)c3C(O)=C1C(=O)C[C@@H](C)[C@H]2O. The number of hydrogen-bond donors (Lipinski definition) is 6. The smallest absolute Gasteiger partial charge is 0.358 e. The van der Waals surface area contributed by atoms with Gasteiger partial charge in [-0.15, -0.1) is 0 Å². The molecule has 1 fully saturated rings. The normalized spacial score (nSPS) is 31.3. The third-order valence-electron chi connectivity index (χ3n) is 9.30. The van der Waals surface area contributed by atoms with Crippen LogP contribution in [0.2, 0.25) is 0 Å². The lowest BCUT2D eigenvalue weighted by molar-refractivity contribution is -0.182. The van der Waals surface area contributed by atoms with Crippen molar-refractivity contribution in [2.75, 3.05) is 14.2 Å². The number of carbonyl (C=O) groups excluding carboxylic acids is 4. The zero-order valence-electron chi connectivity index (χ0n) is 24.9. The number of aromatic hydroxyl groups is 2. The Labute approximate surface area is 260 Å². The van der Waals surface area contributed by atoms with Gasteiger partial charge in [0.15, 0.2) is 11.6 Å². The molecular formula is C32H30O14. The molecule has 2 aliphatic heterocycles. The van der Waals surface area contributed by atoms with Crippen molar-refractivity contribution < 1.29 is 68.8 Å². The van der Waals surface area contributed by atoms with Crippen molar-refractivity contribution in [2.45, 2.75) is 43.7 Å². The monoisotopic (exact) mass is 638 g/mol. The van der Waals surface area contributed by atoms with Crippen LogP contribution in [-0.2, 0) is 23.9 Å². The molecule has 14 nitrogen and oxygen atoms in total. The molecule has 6 rings (SSSR count). The lowest BCUT2D eigenvalue weighted by Gasteiger charge is -2.47. The second-order valence-electron chi connectivity index (χ2n) is 11.9. The van der Waals surface area contributed by atoms with Crippen molar-refractivity contribution in [3.05, 3.63) is 52.8 Å².